The predicted octanol–water partition coefficient (Wildman–Crippen LogP) is 3.22. The molecule has 1 aliphatic heterocycles. The molecule has 0 bridgehead atoms. The first-order chi connectivity index (χ1) is 9.58. The van der Waals surface area contributed by atoms with Crippen molar-refractivity contribution in [1.29, 1.82) is 0 Å². The van der Waals surface area contributed by atoms with Crippen molar-refractivity contribution in [2.75, 3.05) is 11.9 Å². The van der Waals surface area contributed by atoms with E-state index in [1.807, 2.05) is 24.8 Å². The number of rotatable bonds is 4. The number of pyridine rings is 1. The monoisotopic (exact) mass is 275 g/mol. The largest absolute Gasteiger partial charge is 0.385 e. The van der Waals surface area contributed by atoms with Crippen LogP contribution in [0.5, 0.6) is 0 Å². The summed E-state index contributed by atoms with van der Waals surface area (Å²) in [4.78, 5) is 19.2. The van der Waals surface area contributed by atoms with E-state index in [2.05, 4.69) is 24.1 Å². The van der Waals surface area contributed by atoms with E-state index in [0.717, 1.165) is 37.2 Å². The van der Waals surface area contributed by atoms with Crippen LogP contribution in [0.25, 0.3) is 0 Å². The Bertz CT molecular complexity index is 487. The fourth-order valence-electron chi connectivity index (χ4n) is 3.04. The summed E-state index contributed by atoms with van der Waals surface area (Å²) in [5.74, 6) is 0.116. The number of likely N-dealkylation sites (tertiary alicyclic amines) is 1. The average molecular weight is 275 g/mol. The summed E-state index contributed by atoms with van der Waals surface area (Å²) in [5, 5.41) is 3.28. The van der Waals surface area contributed by atoms with Crippen LogP contribution in [0.15, 0.2) is 12.3 Å². The second-order valence-corrected chi connectivity index (χ2v) is 5.60. The standard InChI is InChI=1S/C16H25N3O/c1-5-13-8-7-12(4)19(13)16(20)14-10-18-11(3)9-15(14)17-6-2/h9-10,12-13H,5-8H2,1-4H3,(H,17,18). The van der Waals surface area contributed by atoms with Crippen LogP contribution in [0.4, 0.5) is 5.69 Å². The van der Waals surface area contributed by atoms with Gasteiger partial charge in [-0.2, -0.15) is 0 Å². The maximum Gasteiger partial charge on any atom is 0.258 e. The maximum atomic E-state index is 12.9. The van der Waals surface area contributed by atoms with Crippen molar-refractivity contribution in [2.24, 2.45) is 0 Å². The van der Waals surface area contributed by atoms with Crippen molar-refractivity contribution in [3.63, 3.8) is 0 Å². The molecule has 0 aliphatic carbocycles. The molecule has 2 rings (SSSR count). The number of anilines is 1. The quantitative estimate of drug-likeness (QED) is 0.917. The number of carbonyl (C=O) groups excluding carboxylic acids is 1. The van der Waals surface area contributed by atoms with Crippen molar-refractivity contribution in [1.82, 2.24) is 9.88 Å². The fourth-order valence-corrected chi connectivity index (χ4v) is 3.04. The molecule has 0 saturated carbocycles. The first-order valence-electron chi connectivity index (χ1n) is 7.61. The van der Waals surface area contributed by atoms with E-state index < -0.39 is 0 Å². The number of carbonyl (C=O) groups is 1. The van der Waals surface area contributed by atoms with E-state index in [1.165, 1.54) is 0 Å². The fraction of sp³-hybridized carbons (Fsp3) is 0.625. The Morgan fingerprint density at radius 3 is 2.85 bits per heavy atom. The number of aryl methyl sites for hydroxylation is 1. The molecule has 1 aromatic rings. The normalized spacial score (nSPS) is 22.1. The second-order valence-electron chi connectivity index (χ2n) is 5.60. The summed E-state index contributed by atoms with van der Waals surface area (Å²) in [7, 11) is 0. The summed E-state index contributed by atoms with van der Waals surface area (Å²) >= 11 is 0. The highest BCUT2D eigenvalue weighted by molar-refractivity contribution is 5.99. The molecular weight excluding hydrogens is 250 g/mol. The molecule has 1 N–H and O–H groups in total. The first-order valence-corrected chi connectivity index (χ1v) is 7.61. The van der Waals surface area contributed by atoms with Gasteiger partial charge < -0.3 is 10.2 Å². The first kappa shape index (κ1) is 14.8. The van der Waals surface area contributed by atoms with Crippen LogP contribution >= 0.6 is 0 Å². The van der Waals surface area contributed by atoms with Gasteiger partial charge in [-0.15, -0.1) is 0 Å². The number of hydrogen-bond donors (Lipinski definition) is 1. The molecule has 0 radical (unpaired) electrons. The highest BCUT2D eigenvalue weighted by Crippen LogP contribution is 2.29. The lowest BCUT2D eigenvalue weighted by Crippen LogP contribution is -2.40. The van der Waals surface area contributed by atoms with Crippen molar-refractivity contribution in [3.05, 3.63) is 23.5 Å². The number of hydrogen-bond acceptors (Lipinski definition) is 3. The van der Waals surface area contributed by atoms with Crippen LogP contribution in [0.3, 0.4) is 0 Å². The van der Waals surface area contributed by atoms with E-state index in [0.29, 0.717) is 17.6 Å². The minimum Gasteiger partial charge on any atom is -0.385 e. The molecule has 2 unspecified atom stereocenters. The van der Waals surface area contributed by atoms with Crippen molar-refractivity contribution >= 4 is 11.6 Å². The van der Waals surface area contributed by atoms with Gasteiger partial charge in [-0.05, 0) is 46.1 Å². The maximum absolute atomic E-state index is 12.9. The molecule has 20 heavy (non-hydrogen) atoms. The molecule has 1 saturated heterocycles. The molecule has 110 valence electrons. The Hall–Kier alpha value is -1.58. The molecule has 4 nitrogen and oxygen atoms in total. The second kappa shape index (κ2) is 6.25. The molecule has 1 aliphatic rings. The van der Waals surface area contributed by atoms with Crippen LogP contribution in [0.2, 0.25) is 0 Å². The third kappa shape index (κ3) is 2.79. The smallest absolute Gasteiger partial charge is 0.258 e. The minimum atomic E-state index is 0.116. The van der Waals surface area contributed by atoms with Crippen LogP contribution in [-0.2, 0) is 0 Å². The summed E-state index contributed by atoms with van der Waals surface area (Å²) in [5.41, 5.74) is 2.53. The Balaban J connectivity index is 2.32. The summed E-state index contributed by atoms with van der Waals surface area (Å²) < 4.78 is 0. The molecule has 2 atom stereocenters. The lowest BCUT2D eigenvalue weighted by atomic mass is 10.1. The van der Waals surface area contributed by atoms with Gasteiger partial charge in [-0.25, -0.2) is 0 Å². The molecule has 0 spiro atoms. The van der Waals surface area contributed by atoms with Crippen LogP contribution in [0, 0.1) is 6.92 Å². The van der Waals surface area contributed by atoms with Crippen molar-refractivity contribution in [3.8, 4) is 0 Å². The van der Waals surface area contributed by atoms with E-state index in [9.17, 15) is 4.79 Å². The molecule has 0 aromatic carbocycles. The molecule has 1 amide bonds. The zero-order chi connectivity index (χ0) is 14.7. The van der Waals surface area contributed by atoms with Crippen molar-refractivity contribution < 1.29 is 4.79 Å². The lowest BCUT2D eigenvalue weighted by molar-refractivity contribution is 0.0677. The zero-order valence-electron chi connectivity index (χ0n) is 12.9. The summed E-state index contributed by atoms with van der Waals surface area (Å²) in [6, 6.07) is 2.65. The Morgan fingerprint density at radius 2 is 2.20 bits per heavy atom. The van der Waals surface area contributed by atoms with E-state index in [1.54, 1.807) is 6.20 Å². The van der Waals surface area contributed by atoms with E-state index in [4.69, 9.17) is 0 Å². The van der Waals surface area contributed by atoms with Crippen molar-refractivity contribution in [2.45, 2.75) is 59.0 Å². The Labute approximate surface area is 121 Å². The third-order valence-corrected chi connectivity index (χ3v) is 4.13. The Kier molecular flexibility index (Phi) is 4.63. The SMILES string of the molecule is CCNc1cc(C)ncc1C(=O)N1C(C)CCC1CC. The average Bonchev–Trinajstić information content (AvgIpc) is 2.79. The van der Waals surface area contributed by atoms with Gasteiger partial charge in [-0.3, -0.25) is 9.78 Å². The third-order valence-electron chi connectivity index (χ3n) is 4.13. The summed E-state index contributed by atoms with van der Waals surface area (Å²) in [6.07, 6.45) is 4.94. The van der Waals surface area contributed by atoms with Gasteiger partial charge in [0.05, 0.1) is 11.3 Å². The highest BCUT2D eigenvalue weighted by Gasteiger charge is 2.34. The van der Waals surface area contributed by atoms with Gasteiger partial charge in [0.15, 0.2) is 0 Å². The van der Waals surface area contributed by atoms with Gasteiger partial charge in [0.1, 0.15) is 0 Å². The predicted molar refractivity (Wildman–Crippen MR) is 82.1 cm³/mol. The zero-order valence-corrected chi connectivity index (χ0v) is 12.9. The van der Waals surface area contributed by atoms with Gasteiger partial charge in [0, 0.05) is 30.5 Å². The number of nitrogens with one attached hydrogen (secondary N) is 1. The lowest BCUT2D eigenvalue weighted by Gasteiger charge is -2.28. The summed E-state index contributed by atoms with van der Waals surface area (Å²) in [6.45, 7) is 9.08. The minimum absolute atomic E-state index is 0.116. The number of amides is 1. The number of aromatic nitrogens is 1. The van der Waals surface area contributed by atoms with Gasteiger partial charge in [0.25, 0.3) is 5.91 Å². The van der Waals surface area contributed by atoms with E-state index in [-0.39, 0.29) is 5.91 Å². The van der Waals surface area contributed by atoms with Crippen LogP contribution in [-0.4, -0.2) is 34.4 Å². The van der Waals surface area contributed by atoms with Gasteiger partial charge in [-0.1, -0.05) is 6.92 Å². The molecule has 4 heteroatoms. The van der Waals surface area contributed by atoms with Gasteiger partial charge >= 0.3 is 0 Å². The van der Waals surface area contributed by atoms with Crippen LogP contribution in [0.1, 0.15) is 56.1 Å². The molecule has 1 aromatic heterocycles. The van der Waals surface area contributed by atoms with E-state index >= 15 is 0 Å². The highest BCUT2D eigenvalue weighted by atomic mass is 16.2. The molecule has 2 heterocycles. The molecule has 1 fully saturated rings. The molecular formula is C16H25N3O. The number of nitrogens with zero attached hydrogens (tertiary/aromatic N) is 2. The Morgan fingerprint density at radius 1 is 1.45 bits per heavy atom. The van der Waals surface area contributed by atoms with Gasteiger partial charge in [0.2, 0.25) is 0 Å². The topological polar surface area (TPSA) is 45.2 Å². The van der Waals surface area contributed by atoms with Crippen LogP contribution < -0.4 is 5.32 Å².